The lowest BCUT2D eigenvalue weighted by Gasteiger charge is -2.26. The first kappa shape index (κ1) is 19.6. The molecule has 1 fully saturated rings. The van der Waals surface area contributed by atoms with Crippen LogP contribution >= 0.6 is 15.9 Å². The molecule has 8 heteroatoms. The number of alkyl halides is 1. The highest BCUT2D eigenvalue weighted by atomic mass is 79.9. The monoisotopic (exact) mass is 444 g/mol. The highest BCUT2D eigenvalue weighted by Crippen LogP contribution is 2.24. The standard InChI is InChI=1S/C20H17BrN2O5/c1-27-15-8-4-14(5-9-15)23-19(25)17(18(24)22-20(23)26)12-13-2-6-16(7-3-13)28-11-10-21/h2-9,12H,10-11H2,1H3,(H,22,24,26). The summed E-state index contributed by atoms with van der Waals surface area (Å²) in [6.45, 7) is 0.528. The Morgan fingerprint density at radius 3 is 2.25 bits per heavy atom. The molecule has 7 nitrogen and oxygen atoms in total. The molecule has 0 aliphatic carbocycles. The van der Waals surface area contributed by atoms with Gasteiger partial charge in [-0.2, -0.15) is 0 Å². The first-order valence-corrected chi connectivity index (χ1v) is 9.50. The second-order valence-electron chi connectivity index (χ2n) is 5.76. The molecule has 144 valence electrons. The molecule has 1 heterocycles. The number of nitrogens with one attached hydrogen (secondary N) is 1. The van der Waals surface area contributed by atoms with Crippen molar-refractivity contribution in [1.82, 2.24) is 5.32 Å². The first-order valence-electron chi connectivity index (χ1n) is 8.38. The Morgan fingerprint density at radius 1 is 1.00 bits per heavy atom. The lowest BCUT2D eigenvalue weighted by molar-refractivity contribution is -0.122. The number of hydrogen-bond donors (Lipinski definition) is 1. The molecule has 0 atom stereocenters. The minimum Gasteiger partial charge on any atom is -0.497 e. The van der Waals surface area contributed by atoms with E-state index >= 15 is 0 Å². The number of anilines is 1. The van der Waals surface area contributed by atoms with Gasteiger partial charge in [0, 0.05) is 5.33 Å². The minimum atomic E-state index is -0.796. The van der Waals surface area contributed by atoms with E-state index in [9.17, 15) is 14.4 Å². The summed E-state index contributed by atoms with van der Waals surface area (Å²) in [6.07, 6.45) is 1.44. The Morgan fingerprint density at radius 2 is 1.64 bits per heavy atom. The molecule has 0 spiro atoms. The molecule has 0 bridgehead atoms. The highest BCUT2D eigenvalue weighted by Gasteiger charge is 2.36. The molecule has 2 aromatic rings. The van der Waals surface area contributed by atoms with Crippen LogP contribution in [0.1, 0.15) is 5.56 Å². The molecule has 3 rings (SSSR count). The first-order chi connectivity index (χ1) is 13.5. The average molecular weight is 445 g/mol. The van der Waals surface area contributed by atoms with Crippen molar-refractivity contribution in [1.29, 1.82) is 0 Å². The Balaban J connectivity index is 1.87. The number of carbonyl (C=O) groups excluding carboxylic acids is 3. The van der Waals surface area contributed by atoms with E-state index in [0.717, 1.165) is 4.90 Å². The molecule has 0 unspecified atom stereocenters. The van der Waals surface area contributed by atoms with Gasteiger partial charge in [0.1, 0.15) is 17.1 Å². The van der Waals surface area contributed by atoms with E-state index in [1.807, 2.05) is 0 Å². The van der Waals surface area contributed by atoms with E-state index in [0.29, 0.717) is 34.7 Å². The zero-order valence-corrected chi connectivity index (χ0v) is 16.6. The topological polar surface area (TPSA) is 84.9 Å². The van der Waals surface area contributed by atoms with Gasteiger partial charge in [0.15, 0.2) is 0 Å². The third kappa shape index (κ3) is 4.23. The predicted octanol–water partition coefficient (Wildman–Crippen LogP) is 3.14. The van der Waals surface area contributed by atoms with Crippen molar-refractivity contribution < 1.29 is 23.9 Å². The molecule has 0 radical (unpaired) electrons. The summed E-state index contributed by atoms with van der Waals surface area (Å²) in [4.78, 5) is 38.2. The van der Waals surface area contributed by atoms with Crippen LogP contribution in [-0.2, 0) is 9.59 Å². The zero-order valence-electron chi connectivity index (χ0n) is 15.0. The highest BCUT2D eigenvalue weighted by molar-refractivity contribution is 9.09. The molecule has 1 aliphatic rings. The number of benzene rings is 2. The molecular weight excluding hydrogens is 428 g/mol. The van der Waals surface area contributed by atoms with Crippen molar-refractivity contribution in [2.24, 2.45) is 0 Å². The van der Waals surface area contributed by atoms with Crippen molar-refractivity contribution in [3.8, 4) is 11.5 Å². The molecule has 0 saturated carbocycles. The number of nitrogens with zero attached hydrogens (tertiary/aromatic N) is 1. The van der Waals surface area contributed by atoms with Crippen molar-refractivity contribution in [2.45, 2.75) is 0 Å². The van der Waals surface area contributed by atoms with Gasteiger partial charge in [0.2, 0.25) is 0 Å². The van der Waals surface area contributed by atoms with Crippen molar-refractivity contribution in [2.75, 3.05) is 23.9 Å². The van der Waals surface area contributed by atoms with Crippen LogP contribution in [0.4, 0.5) is 10.5 Å². The summed E-state index contributed by atoms with van der Waals surface area (Å²) >= 11 is 3.28. The predicted molar refractivity (Wildman–Crippen MR) is 108 cm³/mol. The molecule has 0 aromatic heterocycles. The molecule has 2 aromatic carbocycles. The van der Waals surface area contributed by atoms with Crippen LogP contribution in [0.5, 0.6) is 11.5 Å². The smallest absolute Gasteiger partial charge is 0.335 e. The Hall–Kier alpha value is -3.13. The number of carbonyl (C=O) groups is 3. The molecule has 1 saturated heterocycles. The Labute approximate surface area is 170 Å². The fourth-order valence-electron chi connectivity index (χ4n) is 2.61. The number of ether oxygens (including phenoxy) is 2. The van der Waals surface area contributed by atoms with Crippen LogP contribution in [0.3, 0.4) is 0 Å². The van der Waals surface area contributed by atoms with E-state index in [4.69, 9.17) is 9.47 Å². The number of barbiturate groups is 1. The number of halogens is 1. The van der Waals surface area contributed by atoms with Gasteiger partial charge in [0.25, 0.3) is 11.8 Å². The van der Waals surface area contributed by atoms with Crippen molar-refractivity contribution in [3.63, 3.8) is 0 Å². The summed E-state index contributed by atoms with van der Waals surface area (Å²) in [7, 11) is 1.52. The van der Waals surface area contributed by atoms with Gasteiger partial charge < -0.3 is 9.47 Å². The third-order valence-corrected chi connectivity index (χ3v) is 4.29. The normalized spacial score (nSPS) is 15.6. The molecule has 28 heavy (non-hydrogen) atoms. The van der Waals surface area contributed by atoms with Crippen LogP contribution in [0.25, 0.3) is 6.08 Å². The fraction of sp³-hybridized carbons (Fsp3) is 0.150. The fourth-order valence-corrected chi connectivity index (χ4v) is 2.77. The van der Waals surface area contributed by atoms with Gasteiger partial charge in [0.05, 0.1) is 19.4 Å². The quantitative estimate of drug-likeness (QED) is 0.420. The summed E-state index contributed by atoms with van der Waals surface area (Å²) < 4.78 is 10.6. The van der Waals surface area contributed by atoms with E-state index in [-0.39, 0.29) is 5.57 Å². The summed E-state index contributed by atoms with van der Waals surface area (Å²) in [5.74, 6) is -0.170. The van der Waals surface area contributed by atoms with Gasteiger partial charge in [-0.3, -0.25) is 14.9 Å². The van der Waals surface area contributed by atoms with E-state index in [1.54, 1.807) is 48.5 Å². The van der Waals surface area contributed by atoms with Crippen LogP contribution in [-0.4, -0.2) is 36.9 Å². The van der Waals surface area contributed by atoms with Crippen LogP contribution in [0, 0.1) is 0 Å². The van der Waals surface area contributed by atoms with Gasteiger partial charge in [-0.05, 0) is 48.0 Å². The van der Waals surface area contributed by atoms with Crippen LogP contribution < -0.4 is 19.7 Å². The van der Waals surface area contributed by atoms with Crippen molar-refractivity contribution >= 4 is 45.5 Å². The number of urea groups is 1. The number of amides is 4. The van der Waals surface area contributed by atoms with Gasteiger partial charge in [-0.1, -0.05) is 28.1 Å². The molecule has 4 amide bonds. The van der Waals surface area contributed by atoms with E-state index < -0.39 is 17.8 Å². The van der Waals surface area contributed by atoms with E-state index in [2.05, 4.69) is 21.2 Å². The summed E-state index contributed by atoms with van der Waals surface area (Å²) in [5, 5.41) is 2.91. The van der Waals surface area contributed by atoms with Crippen molar-refractivity contribution in [3.05, 3.63) is 59.7 Å². The molecular formula is C20H17BrN2O5. The Bertz CT molecular complexity index is 923. The lowest BCUT2D eigenvalue weighted by Crippen LogP contribution is -2.54. The largest absolute Gasteiger partial charge is 0.497 e. The molecule has 1 aliphatic heterocycles. The maximum absolute atomic E-state index is 12.8. The number of imide groups is 2. The second kappa shape index (κ2) is 8.71. The minimum absolute atomic E-state index is 0.135. The lowest BCUT2D eigenvalue weighted by atomic mass is 10.1. The van der Waals surface area contributed by atoms with Gasteiger partial charge >= 0.3 is 6.03 Å². The van der Waals surface area contributed by atoms with Crippen LogP contribution in [0.2, 0.25) is 0 Å². The summed E-state index contributed by atoms with van der Waals surface area (Å²) in [6, 6.07) is 12.5. The zero-order chi connectivity index (χ0) is 20.1. The maximum atomic E-state index is 12.8. The molecule has 1 N–H and O–H groups in total. The maximum Gasteiger partial charge on any atom is 0.335 e. The van der Waals surface area contributed by atoms with Crippen LogP contribution in [0.15, 0.2) is 54.1 Å². The SMILES string of the molecule is COc1ccc(N2C(=O)NC(=O)C(=Cc3ccc(OCCBr)cc3)C2=O)cc1. The number of hydrogen-bond acceptors (Lipinski definition) is 5. The third-order valence-electron chi connectivity index (χ3n) is 3.97. The second-order valence-corrected chi connectivity index (χ2v) is 6.56. The Kier molecular flexibility index (Phi) is 6.10. The van der Waals surface area contributed by atoms with Gasteiger partial charge in [-0.25, -0.2) is 9.69 Å². The van der Waals surface area contributed by atoms with Gasteiger partial charge in [-0.15, -0.1) is 0 Å². The van der Waals surface area contributed by atoms with E-state index in [1.165, 1.54) is 13.2 Å². The average Bonchev–Trinajstić information content (AvgIpc) is 2.71. The number of methoxy groups -OCH3 is 1. The summed E-state index contributed by atoms with van der Waals surface area (Å²) in [5.41, 5.74) is 0.832. The number of rotatable bonds is 6.